The van der Waals surface area contributed by atoms with E-state index in [1.807, 2.05) is 12.4 Å². The standard InChI is InChI=1S/C16H20N2OS/c1-3-13-4-6-14(7-5-13)8-9-16(19)18(2)12-15-17-10-11-20-15/h4-7,10-11H,3,8-9,12H2,1-2H3. The summed E-state index contributed by atoms with van der Waals surface area (Å²) in [7, 11) is 1.84. The van der Waals surface area contributed by atoms with E-state index in [1.165, 1.54) is 11.1 Å². The minimum Gasteiger partial charge on any atom is -0.339 e. The zero-order valence-electron chi connectivity index (χ0n) is 12.0. The van der Waals surface area contributed by atoms with E-state index in [0.29, 0.717) is 13.0 Å². The highest BCUT2D eigenvalue weighted by Gasteiger charge is 2.10. The molecule has 0 N–H and O–H groups in total. The minimum atomic E-state index is 0.166. The third-order valence-corrected chi connectivity index (χ3v) is 4.10. The molecule has 0 aliphatic heterocycles. The number of carbonyl (C=O) groups excluding carboxylic acids is 1. The van der Waals surface area contributed by atoms with Crippen LogP contribution in [0.4, 0.5) is 0 Å². The van der Waals surface area contributed by atoms with E-state index >= 15 is 0 Å². The number of hydrogen-bond donors (Lipinski definition) is 0. The summed E-state index contributed by atoms with van der Waals surface area (Å²) in [6.45, 7) is 2.75. The Kier molecular flexibility index (Phi) is 5.30. The minimum absolute atomic E-state index is 0.166. The van der Waals surface area contributed by atoms with Crippen molar-refractivity contribution in [2.75, 3.05) is 7.05 Å². The number of aromatic nitrogens is 1. The summed E-state index contributed by atoms with van der Waals surface area (Å²) in [5.41, 5.74) is 2.55. The van der Waals surface area contributed by atoms with Crippen LogP contribution in [0.2, 0.25) is 0 Å². The lowest BCUT2D eigenvalue weighted by Crippen LogP contribution is -2.26. The third kappa shape index (κ3) is 4.17. The molecule has 1 amide bonds. The first kappa shape index (κ1) is 14.7. The van der Waals surface area contributed by atoms with Crippen molar-refractivity contribution in [1.82, 2.24) is 9.88 Å². The first-order valence-electron chi connectivity index (χ1n) is 6.89. The molecule has 0 saturated heterocycles. The van der Waals surface area contributed by atoms with E-state index in [1.54, 1.807) is 22.4 Å². The molecular formula is C16H20N2OS. The first-order chi connectivity index (χ1) is 9.69. The number of nitrogens with zero attached hydrogens (tertiary/aromatic N) is 2. The highest BCUT2D eigenvalue weighted by atomic mass is 32.1. The Morgan fingerprint density at radius 2 is 1.95 bits per heavy atom. The van der Waals surface area contributed by atoms with Crippen LogP contribution < -0.4 is 0 Å². The van der Waals surface area contributed by atoms with Crippen molar-refractivity contribution in [3.63, 3.8) is 0 Å². The molecule has 4 heteroatoms. The van der Waals surface area contributed by atoms with E-state index in [-0.39, 0.29) is 5.91 Å². The molecule has 3 nitrogen and oxygen atoms in total. The van der Waals surface area contributed by atoms with Gasteiger partial charge in [-0.15, -0.1) is 11.3 Å². The Labute approximate surface area is 124 Å². The molecule has 2 rings (SSSR count). The molecule has 0 bridgehead atoms. The van der Waals surface area contributed by atoms with Gasteiger partial charge >= 0.3 is 0 Å². The lowest BCUT2D eigenvalue weighted by molar-refractivity contribution is -0.130. The number of aryl methyl sites for hydroxylation is 2. The molecule has 2 aromatic rings. The second-order valence-corrected chi connectivity index (χ2v) is 5.82. The van der Waals surface area contributed by atoms with Gasteiger partial charge in [0.05, 0.1) is 6.54 Å². The molecule has 0 fully saturated rings. The van der Waals surface area contributed by atoms with Crippen LogP contribution in [-0.4, -0.2) is 22.8 Å². The number of carbonyl (C=O) groups is 1. The van der Waals surface area contributed by atoms with Gasteiger partial charge in [-0.25, -0.2) is 4.98 Å². The average molecular weight is 288 g/mol. The Bertz CT molecular complexity index is 534. The van der Waals surface area contributed by atoms with Crippen LogP contribution in [0.5, 0.6) is 0 Å². The quantitative estimate of drug-likeness (QED) is 0.817. The van der Waals surface area contributed by atoms with Gasteiger partial charge in [0.25, 0.3) is 0 Å². The molecule has 0 aliphatic carbocycles. The Morgan fingerprint density at radius 1 is 1.25 bits per heavy atom. The van der Waals surface area contributed by atoms with Crippen molar-refractivity contribution >= 4 is 17.2 Å². The summed E-state index contributed by atoms with van der Waals surface area (Å²) in [6, 6.07) is 8.51. The summed E-state index contributed by atoms with van der Waals surface area (Å²) in [6.07, 6.45) is 4.17. The fourth-order valence-electron chi connectivity index (χ4n) is 2.01. The van der Waals surface area contributed by atoms with Crippen LogP contribution in [0.3, 0.4) is 0 Å². The highest BCUT2D eigenvalue weighted by Crippen LogP contribution is 2.10. The van der Waals surface area contributed by atoms with Crippen LogP contribution in [0.15, 0.2) is 35.8 Å². The van der Waals surface area contributed by atoms with E-state index in [0.717, 1.165) is 17.8 Å². The maximum Gasteiger partial charge on any atom is 0.223 e. The first-order valence-corrected chi connectivity index (χ1v) is 7.77. The molecule has 0 aliphatic rings. The van der Waals surface area contributed by atoms with Crippen LogP contribution in [-0.2, 0) is 24.2 Å². The molecule has 0 atom stereocenters. The fourth-order valence-corrected chi connectivity index (χ4v) is 2.67. The highest BCUT2D eigenvalue weighted by molar-refractivity contribution is 7.09. The van der Waals surface area contributed by atoms with E-state index in [4.69, 9.17) is 0 Å². The van der Waals surface area contributed by atoms with Crippen molar-refractivity contribution in [3.05, 3.63) is 52.0 Å². The monoisotopic (exact) mass is 288 g/mol. The largest absolute Gasteiger partial charge is 0.339 e. The predicted octanol–water partition coefficient (Wildman–Crippen LogP) is 3.30. The number of rotatable bonds is 6. The molecule has 0 saturated carbocycles. The van der Waals surface area contributed by atoms with Gasteiger partial charge in [0, 0.05) is 25.0 Å². The maximum absolute atomic E-state index is 12.1. The van der Waals surface area contributed by atoms with Crippen LogP contribution in [0, 0.1) is 0 Å². The summed E-state index contributed by atoms with van der Waals surface area (Å²) in [5.74, 6) is 0.166. The Balaban J connectivity index is 1.81. The third-order valence-electron chi connectivity index (χ3n) is 3.34. The van der Waals surface area contributed by atoms with Crippen LogP contribution >= 0.6 is 11.3 Å². The number of hydrogen-bond acceptors (Lipinski definition) is 3. The summed E-state index contributed by atoms with van der Waals surface area (Å²) >= 11 is 1.58. The fraction of sp³-hybridized carbons (Fsp3) is 0.375. The van der Waals surface area contributed by atoms with Crippen molar-refractivity contribution in [2.24, 2.45) is 0 Å². The van der Waals surface area contributed by atoms with Crippen LogP contribution in [0.25, 0.3) is 0 Å². The lowest BCUT2D eigenvalue weighted by Gasteiger charge is -2.15. The molecule has 1 aromatic heterocycles. The number of amides is 1. The second-order valence-electron chi connectivity index (χ2n) is 4.85. The van der Waals surface area contributed by atoms with Gasteiger partial charge in [0.1, 0.15) is 5.01 Å². The maximum atomic E-state index is 12.1. The van der Waals surface area contributed by atoms with E-state index < -0.39 is 0 Å². The van der Waals surface area contributed by atoms with Crippen LogP contribution in [0.1, 0.15) is 29.5 Å². The molecule has 0 unspecified atom stereocenters. The average Bonchev–Trinajstić information content (AvgIpc) is 2.98. The van der Waals surface area contributed by atoms with Gasteiger partial charge < -0.3 is 4.90 Å². The van der Waals surface area contributed by atoms with Crippen molar-refractivity contribution in [3.8, 4) is 0 Å². The SMILES string of the molecule is CCc1ccc(CCC(=O)N(C)Cc2nccs2)cc1. The molecule has 0 radical (unpaired) electrons. The summed E-state index contributed by atoms with van der Waals surface area (Å²) < 4.78 is 0. The lowest BCUT2D eigenvalue weighted by atomic mass is 10.1. The summed E-state index contributed by atoms with van der Waals surface area (Å²) in [5, 5.41) is 2.91. The molecule has 20 heavy (non-hydrogen) atoms. The molecular weight excluding hydrogens is 268 g/mol. The number of thiazole rings is 1. The smallest absolute Gasteiger partial charge is 0.223 e. The van der Waals surface area contributed by atoms with Crippen molar-refractivity contribution in [1.29, 1.82) is 0 Å². The zero-order chi connectivity index (χ0) is 14.4. The molecule has 1 heterocycles. The van der Waals surface area contributed by atoms with E-state index in [2.05, 4.69) is 36.2 Å². The molecule has 0 spiro atoms. The second kappa shape index (κ2) is 7.20. The van der Waals surface area contributed by atoms with Gasteiger partial charge in [-0.05, 0) is 24.0 Å². The number of benzene rings is 1. The Hall–Kier alpha value is -1.68. The topological polar surface area (TPSA) is 33.2 Å². The van der Waals surface area contributed by atoms with Gasteiger partial charge in [-0.3, -0.25) is 4.79 Å². The van der Waals surface area contributed by atoms with Crippen molar-refractivity contribution in [2.45, 2.75) is 32.7 Å². The summed E-state index contributed by atoms with van der Waals surface area (Å²) in [4.78, 5) is 18.0. The molecule has 1 aromatic carbocycles. The predicted molar refractivity (Wildman–Crippen MR) is 82.7 cm³/mol. The van der Waals surface area contributed by atoms with Gasteiger partial charge in [0.2, 0.25) is 5.91 Å². The van der Waals surface area contributed by atoms with Gasteiger partial charge in [-0.2, -0.15) is 0 Å². The van der Waals surface area contributed by atoms with Crippen molar-refractivity contribution < 1.29 is 4.79 Å². The molecule has 106 valence electrons. The van der Waals surface area contributed by atoms with Gasteiger partial charge in [-0.1, -0.05) is 31.2 Å². The van der Waals surface area contributed by atoms with E-state index in [9.17, 15) is 4.79 Å². The Morgan fingerprint density at radius 3 is 2.55 bits per heavy atom. The normalized spacial score (nSPS) is 10.5. The van der Waals surface area contributed by atoms with Gasteiger partial charge in [0.15, 0.2) is 0 Å². The zero-order valence-corrected chi connectivity index (χ0v) is 12.8.